The Balaban J connectivity index is 1.58. The number of rotatable bonds is 2. The normalized spacial score (nSPS) is 31.6. The van der Waals surface area contributed by atoms with E-state index >= 15 is 0 Å². The van der Waals surface area contributed by atoms with E-state index in [4.69, 9.17) is 0 Å². The number of halogens is 2. The number of hydrogen-bond acceptors (Lipinski definition) is 4. The lowest BCUT2D eigenvalue weighted by molar-refractivity contribution is 0.0354. The van der Waals surface area contributed by atoms with Gasteiger partial charge in [0.25, 0.3) is 0 Å². The lowest BCUT2D eigenvalue weighted by Crippen LogP contribution is -2.60. The Morgan fingerprint density at radius 2 is 1.78 bits per heavy atom. The number of anilines is 1. The fraction of sp³-hybridized carbons (Fsp3) is 0.429. The predicted molar refractivity (Wildman–Crippen MR) is 97.3 cm³/mol. The van der Waals surface area contributed by atoms with Crippen molar-refractivity contribution in [2.24, 2.45) is 5.92 Å². The Bertz CT molecular complexity index is 896. The molecule has 4 aliphatic heterocycles. The van der Waals surface area contributed by atoms with Crippen molar-refractivity contribution < 1.29 is 8.78 Å². The van der Waals surface area contributed by atoms with Gasteiger partial charge >= 0.3 is 0 Å². The molecule has 0 aliphatic carbocycles. The van der Waals surface area contributed by atoms with Crippen molar-refractivity contribution >= 4 is 5.82 Å². The predicted octanol–water partition coefficient (Wildman–Crippen LogP) is 3.30. The van der Waals surface area contributed by atoms with Crippen molar-refractivity contribution in [3.05, 3.63) is 59.3 Å². The van der Waals surface area contributed by atoms with Crippen LogP contribution in [-0.2, 0) is 0 Å². The molecule has 0 radical (unpaired) electrons. The van der Waals surface area contributed by atoms with Gasteiger partial charge in [-0.15, -0.1) is 0 Å². The number of benzene rings is 1. The number of piperidine rings is 3. The molecule has 27 heavy (non-hydrogen) atoms. The number of fused-ring (bicyclic) bond motifs is 2. The molecule has 4 saturated heterocycles. The highest BCUT2D eigenvalue weighted by Gasteiger charge is 2.53. The van der Waals surface area contributed by atoms with Crippen molar-refractivity contribution in [2.45, 2.75) is 30.8 Å². The average Bonchev–Trinajstić information content (AvgIpc) is 3.11. The standard InChI is InChI=1S/C21H20F2N4/c22-15-8-14(9-16(23)10-15)18-12-27(19-3-1-2-17(11-24)25-19)20-13-4-6-26(7-5-13)21(18)20/h1-3,8-10,13,18,20-21H,4-7,12H2/t18-,20+,21+/m1/s1. The SMILES string of the molecule is N#Cc1cccc(N2C[C@H](c3cc(F)cc(F)c3)[C@H]3[C@@H]2C2CCN3CC2)n1. The van der Waals surface area contributed by atoms with Gasteiger partial charge in [0, 0.05) is 30.6 Å². The molecule has 6 rings (SSSR count). The second-order valence-electron chi connectivity index (χ2n) is 7.81. The molecule has 1 aromatic heterocycles. The van der Waals surface area contributed by atoms with Crippen LogP contribution in [0, 0.1) is 28.9 Å². The first-order valence-corrected chi connectivity index (χ1v) is 9.48. The van der Waals surface area contributed by atoms with Crippen molar-refractivity contribution in [3.8, 4) is 6.07 Å². The van der Waals surface area contributed by atoms with Crippen molar-refractivity contribution in [1.82, 2.24) is 9.88 Å². The molecule has 3 atom stereocenters. The van der Waals surface area contributed by atoms with E-state index in [0.29, 0.717) is 23.7 Å². The Morgan fingerprint density at radius 3 is 2.48 bits per heavy atom. The summed E-state index contributed by atoms with van der Waals surface area (Å²) in [5.74, 6) is 0.310. The molecule has 1 aromatic carbocycles. The Hall–Kier alpha value is -2.52. The van der Waals surface area contributed by atoms with E-state index in [1.165, 1.54) is 12.1 Å². The molecule has 0 saturated carbocycles. The number of pyridine rings is 1. The first-order valence-electron chi connectivity index (χ1n) is 9.48. The first-order chi connectivity index (χ1) is 13.1. The van der Waals surface area contributed by atoms with Gasteiger partial charge in [-0.2, -0.15) is 5.26 Å². The zero-order valence-corrected chi connectivity index (χ0v) is 14.9. The maximum atomic E-state index is 13.9. The van der Waals surface area contributed by atoms with Gasteiger partial charge in [0.2, 0.25) is 0 Å². The summed E-state index contributed by atoms with van der Waals surface area (Å²) < 4.78 is 27.8. The minimum atomic E-state index is -0.527. The quantitative estimate of drug-likeness (QED) is 0.818. The first kappa shape index (κ1) is 16.6. The molecular weight excluding hydrogens is 346 g/mol. The summed E-state index contributed by atoms with van der Waals surface area (Å²) in [5.41, 5.74) is 1.11. The molecule has 5 heterocycles. The maximum absolute atomic E-state index is 13.9. The number of aromatic nitrogens is 1. The van der Waals surface area contributed by atoms with Gasteiger partial charge in [-0.25, -0.2) is 13.8 Å². The summed E-state index contributed by atoms with van der Waals surface area (Å²) in [6.45, 7) is 2.74. The fourth-order valence-electron chi connectivity index (χ4n) is 5.41. The van der Waals surface area contributed by atoms with Crippen LogP contribution in [0.25, 0.3) is 0 Å². The van der Waals surface area contributed by atoms with Crippen LogP contribution in [-0.4, -0.2) is 41.6 Å². The summed E-state index contributed by atoms with van der Waals surface area (Å²) in [4.78, 5) is 9.26. The largest absolute Gasteiger partial charge is 0.351 e. The summed E-state index contributed by atoms with van der Waals surface area (Å²) in [7, 11) is 0. The van der Waals surface area contributed by atoms with Crippen LogP contribution >= 0.6 is 0 Å². The highest BCUT2D eigenvalue weighted by molar-refractivity contribution is 5.48. The van der Waals surface area contributed by atoms with Crippen LogP contribution in [0.5, 0.6) is 0 Å². The molecule has 0 spiro atoms. The van der Waals surface area contributed by atoms with Gasteiger partial charge in [-0.05, 0) is 61.7 Å². The lowest BCUT2D eigenvalue weighted by Gasteiger charge is -2.51. The summed E-state index contributed by atoms with van der Waals surface area (Å²) in [5, 5.41) is 9.21. The van der Waals surface area contributed by atoms with Crippen molar-refractivity contribution in [1.29, 1.82) is 5.26 Å². The molecular formula is C21H20F2N4. The highest BCUT2D eigenvalue weighted by Crippen LogP contribution is 2.47. The number of hydrogen-bond donors (Lipinski definition) is 0. The number of nitriles is 1. The molecule has 2 bridgehead atoms. The van der Waals surface area contributed by atoms with Gasteiger partial charge in [-0.1, -0.05) is 6.07 Å². The van der Waals surface area contributed by atoms with E-state index in [9.17, 15) is 14.0 Å². The van der Waals surface area contributed by atoms with E-state index in [0.717, 1.165) is 37.8 Å². The minimum Gasteiger partial charge on any atom is -0.351 e. The van der Waals surface area contributed by atoms with Crippen LogP contribution in [0.2, 0.25) is 0 Å². The van der Waals surface area contributed by atoms with Gasteiger partial charge in [0.15, 0.2) is 0 Å². The zero-order chi connectivity index (χ0) is 18.5. The van der Waals surface area contributed by atoms with Crippen LogP contribution < -0.4 is 4.90 Å². The van der Waals surface area contributed by atoms with E-state index in [2.05, 4.69) is 20.9 Å². The van der Waals surface area contributed by atoms with Crippen LogP contribution in [0.4, 0.5) is 14.6 Å². The molecule has 0 N–H and O–H groups in total. The Labute approximate surface area is 157 Å². The Kier molecular flexibility index (Phi) is 3.87. The smallest absolute Gasteiger partial charge is 0.142 e. The third-order valence-electron chi connectivity index (χ3n) is 6.45. The minimum absolute atomic E-state index is 0.0239. The fourth-order valence-corrected chi connectivity index (χ4v) is 5.41. The summed E-state index contributed by atoms with van der Waals surface area (Å²) in [6.07, 6.45) is 2.28. The van der Waals surface area contributed by atoms with Crippen molar-refractivity contribution in [2.75, 3.05) is 24.5 Å². The molecule has 6 heteroatoms. The third kappa shape index (κ3) is 2.69. The molecule has 0 amide bonds. The molecule has 2 aromatic rings. The summed E-state index contributed by atoms with van der Waals surface area (Å²) in [6, 6.07) is 12.0. The van der Waals surface area contributed by atoms with E-state index in [-0.39, 0.29) is 18.0 Å². The lowest BCUT2D eigenvalue weighted by atomic mass is 9.75. The topological polar surface area (TPSA) is 43.2 Å². The zero-order valence-electron chi connectivity index (χ0n) is 14.9. The van der Waals surface area contributed by atoms with Crippen LogP contribution in [0.1, 0.15) is 30.0 Å². The highest BCUT2D eigenvalue weighted by atomic mass is 19.1. The molecule has 4 fully saturated rings. The summed E-state index contributed by atoms with van der Waals surface area (Å²) >= 11 is 0. The van der Waals surface area contributed by atoms with Gasteiger partial charge < -0.3 is 4.90 Å². The van der Waals surface area contributed by atoms with Gasteiger partial charge in [0.1, 0.15) is 29.2 Å². The van der Waals surface area contributed by atoms with Gasteiger partial charge in [-0.3, -0.25) is 4.90 Å². The van der Waals surface area contributed by atoms with E-state index in [1.807, 2.05) is 12.1 Å². The van der Waals surface area contributed by atoms with Crippen molar-refractivity contribution in [3.63, 3.8) is 0 Å². The van der Waals surface area contributed by atoms with Gasteiger partial charge in [0.05, 0.1) is 0 Å². The Morgan fingerprint density at radius 1 is 1.04 bits per heavy atom. The van der Waals surface area contributed by atoms with E-state index in [1.54, 1.807) is 6.07 Å². The second kappa shape index (κ2) is 6.28. The second-order valence-corrected chi connectivity index (χ2v) is 7.81. The molecule has 138 valence electrons. The van der Waals surface area contributed by atoms with Crippen LogP contribution in [0.15, 0.2) is 36.4 Å². The maximum Gasteiger partial charge on any atom is 0.142 e. The molecule has 4 nitrogen and oxygen atoms in total. The van der Waals surface area contributed by atoms with Crippen LogP contribution in [0.3, 0.4) is 0 Å². The van der Waals surface area contributed by atoms with E-state index < -0.39 is 11.6 Å². The third-order valence-corrected chi connectivity index (χ3v) is 6.45. The number of nitrogens with zero attached hydrogens (tertiary/aromatic N) is 4. The average molecular weight is 366 g/mol. The monoisotopic (exact) mass is 366 g/mol. The molecule has 4 aliphatic rings. The molecule has 0 unspecified atom stereocenters.